The van der Waals surface area contributed by atoms with Gasteiger partial charge < -0.3 is 4.57 Å². The Hall–Kier alpha value is -1.09. The molecule has 1 aliphatic rings. The number of fused-ring (bicyclic) bond motifs is 1. The standard InChI is InChI=1S/C17H24ClN3/c1-12-4-3-5-14(8-6-12)21-16(10-11-18)20-15-9-7-13(2)19-17(15)21/h7,9,12,14H,3-6,8,10-11H2,1-2H3. The summed E-state index contributed by atoms with van der Waals surface area (Å²) >= 11 is 5.99. The SMILES string of the molecule is Cc1ccc2nc(CCCl)n(C3CCCC(C)CC3)c2n1. The molecule has 2 unspecified atom stereocenters. The second-order valence-electron chi connectivity index (χ2n) is 6.40. The fourth-order valence-electron chi connectivity index (χ4n) is 3.49. The van der Waals surface area contributed by atoms with Gasteiger partial charge in [0.05, 0.1) is 0 Å². The van der Waals surface area contributed by atoms with E-state index in [1.165, 1.54) is 32.1 Å². The van der Waals surface area contributed by atoms with Crippen molar-refractivity contribution in [3.8, 4) is 0 Å². The molecule has 0 spiro atoms. The minimum absolute atomic E-state index is 0.535. The number of alkyl halides is 1. The van der Waals surface area contributed by atoms with Gasteiger partial charge in [0.2, 0.25) is 0 Å². The molecule has 4 heteroatoms. The Labute approximate surface area is 131 Å². The van der Waals surface area contributed by atoms with Crippen LogP contribution in [0.25, 0.3) is 11.2 Å². The number of hydrogen-bond donors (Lipinski definition) is 0. The van der Waals surface area contributed by atoms with Crippen molar-refractivity contribution in [2.24, 2.45) is 5.92 Å². The summed E-state index contributed by atoms with van der Waals surface area (Å²) in [7, 11) is 0. The van der Waals surface area contributed by atoms with E-state index in [-0.39, 0.29) is 0 Å². The fraction of sp³-hybridized carbons (Fsp3) is 0.647. The molecule has 0 aromatic carbocycles. The smallest absolute Gasteiger partial charge is 0.160 e. The minimum Gasteiger partial charge on any atom is -0.310 e. The summed E-state index contributed by atoms with van der Waals surface area (Å²) in [5.74, 6) is 2.57. The molecular weight excluding hydrogens is 282 g/mol. The Balaban J connectivity index is 2.05. The van der Waals surface area contributed by atoms with Crippen molar-refractivity contribution in [1.29, 1.82) is 0 Å². The molecule has 0 aliphatic heterocycles. The van der Waals surface area contributed by atoms with Crippen LogP contribution in [0.5, 0.6) is 0 Å². The van der Waals surface area contributed by atoms with E-state index in [4.69, 9.17) is 21.6 Å². The van der Waals surface area contributed by atoms with Crippen molar-refractivity contribution >= 4 is 22.8 Å². The number of pyridine rings is 1. The molecule has 2 aromatic heterocycles. The molecule has 1 saturated carbocycles. The summed E-state index contributed by atoms with van der Waals surface area (Å²) in [6.07, 6.45) is 7.25. The Morgan fingerprint density at radius 1 is 1.19 bits per heavy atom. The third-order valence-electron chi connectivity index (χ3n) is 4.66. The molecule has 1 aliphatic carbocycles. The maximum Gasteiger partial charge on any atom is 0.160 e. The minimum atomic E-state index is 0.535. The highest BCUT2D eigenvalue weighted by atomic mass is 35.5. The molecule has 1 fully saturated rings. The van der Waals surface area contributed by atoms with Crippen molar-refractivity contribution in [2.45, 2.75) is 58.4 Å². The number of rotatable bonds is 3. The average molecular weight is 306 g/mol. The molecule has 114 valence electrons. The first-order chi connectivity index (χ1) is 10.2. The predicted octanol–water partition coefficient (Wildman–Crippen LogP) is 4.66. The Morgan fingerprint density at radius 3 is 2.86 bits per heavy atom. The zero-order valence-electron chi connectivity index (χ0n) is 13.0. The summed E-state index contributed by atoms with van der Waals surface area (Å²) in [6, 6.07) is 4.66. The number of halogens is 1. The molecule has 0 radical (unpaired) electrons. The van der Waals surface area contributed by atoms with Gasteiger partial charge in [0, 0.05) is 24.0 Å². The Morgan fingerprint density at radius 2 is 2.05 bits per heavy atom. The van der Waals surface area contributed by atoms with Crippen molar-refractivity contribution in [3.05, 3.63) is 23.7 Å². The van der Waals surface area contributed by atoms with Gasteiger partial charge in [-0.25, -0.2) is 9.97 Å². The van der Waals surface area contributed by atoms with Crippen LogP contribution in [-0.2, 0) is 6.42 Å². The monoisotopic (exact) mass is 305 g/mol. The van der Waals surface area contributed by atoms with Crippen LogP contribution in [0.3, 0.4) is 0 Å². The van der Waals surface area contributed by atoms with E-state index in [2.05, 4.69) is 17.6 Å². The van der Waals surface area contributed by atoms with E-state index < -0.39 is 0 Å². The third kappa shape index (κ3) is 3.08. The first-order valence-electron chi connectivity index (χ1n) is 8.09. The van der Waals surface area contributed by atoms with Crippen LogP contribution < -0.4 is 0 Å². The van der Waals surface area contributed by atoms with Crippen LogP contribution in [0.4, 0.5) is 0 Å². The number of imidazole rings is 1. The highest BCUT2D eigenvalue weighted by molar-refractivity contribution is 6.17. The number of aromatic nitrogens is 3. The lowest BCUT2D eigenvalue weighted by molar-refractivity contribution is 0.429. The van der Waals surface area contributed by atoms with Gasteiger partial charge in [-0.15, -0.1) is 11.6 Å². The van der Waals surface area contributed by atoms with Gasteiger partial charge >= 0.3 is 0 Å². The molecule has 2 heterocycles. The van der Waals surface area contributed by atoms with E-state index in [9.17, 15) is 0 Å². The maximum atomic E-state index is 5.99. The summed E-state index contributed by atoms with van der Waals surface area (Å²) in [6.45, 7) is 4.42. The van der Waals surface area contributed by atoms with E-state index in [0.29, 0.717) is 11.9 Å². The van der Waals surface area contributed by atoms with Crippen LogP contribution in [0, 0.1) is 12.8 Å². The van der Waals surface area contributed by atoms with Gasteiger partial charge in [0.1, 0.15) is 11.3 Å². The van der Waals surface area contributed by atoms with Crippen LogP contribution in [0.1, 0.15) is 56.6 Å². The largest absolute Gasteiger partial charge is 0.310 e. The number of hydrogen-bond acceptors (Lipinski definition) is 2. The highest BCUT2D eigenvalue weighted by Crippen LogP contribution is 2.33. The normalized spacial score (nSPS) is 23.4. The molecule has 3 rings (SSSR count). The summed E-state index contributed by atoms with van der Waals surface area (Å²) in [5, 5.41) is 0. The topological polar surface area (TPSA) is 30.7 Å². The van der Waals surface area contributed by atoms with E-state index in [0.717, 1.165) is 35.0 Å². The van der Waals surface area contributed by atoms with Crippen LogP contribution >= 0.6 is 11.6 Å². The lowest BCUT2D eigenvalue weighted by Gasteiger charge is -2.19. The molecule has 2 atom stereocenters. The molecule has 2 aromatic rings. The molecule has 0 saturated heterocycles. The molecule has 3 nitrogen and oxygen atoms in total. The first kappa shape index (κ1) is 14.8. The van der Waals surface area contributed by atoms with Gasteiger partial charge in [-0.2, -0.15) is 0 Å². The van der Waals surface area contributed by atoms with E-state index in [1.54, 1.807) is 0 Å². The third-order valence-corrected chi connectivity index (χ3v) is 4.85. The highest BCUT2D eigenvalue weighted by Gasteiger charge is 2.23. The van der Waals surface area contributed by atoms with E-state index in [1.807, 2.05) is 13.0 Å². The van der Waals surface area contributed by atoms with Crippen molar-refractivity contribution < 1.29 is 0 Å². The summed E-state index contributed by atoms with van der Waals surface area (Å²) in [5.41, 5.74) is 3.12. The van der Waals surface area contributed by atoms with Gasteiger partial charge in [0.15, 0.2) is 5.65 Å². The zero-order valence-corrected chi connectivity index (χ0v) is 13.7. The first-order valence-corrected chi connectivity index (χ1v) is 8.63. The van der Waals surface area contributed by atoms with Gasteiger partial charge in [-0.1, -0.05) is 19.8 Å². The van der Waals surface area contributed by atoms with E-state index >= 15 is 0 Å². The lowest BCUT2D eigenvalue weighted by atomic mass is 10.0. The molecule has 21 heavy (non-hydrogen) atoms. The summed E-state index contributed by atoms with van der Waals surface area (Å²) in [4.78, 5) is 9.55. The second-order valence-corrected chi connectivity index (χ2v) is 6.78. The molecular formula is C17H24ClN3. The quantitative estimate of drug-likeness (QED) is 0.610. The van der Waals surface area contributed by atoms with Gasteiger partial charge in [-0.3, -0.25) is 0 Å². The summed E-state index contributed by atoms with van der Waals surface area (Å²) < 4.78 is 2.39. The Kier molecular flexibility index (Phi) is 4.48. The molecule has 0 amide bonds. The van der Waals surface area contributed by atoms with Gasteiger partial charge in [-0.05, 0) is 44.2 Å². The fourth-order valence-corrected chi connectivity index (χ4v) is 3.65. The molecule has 0 bridgehead atoms. The average Bonchev–Trinajstić information content (AvgIpc) is 2.66. The van der Waals surface area contributed by atoms with Crippen LogP contribution in [-0.4, -0.2) is 20.4 Å². The zero-order chi connectivity index (χ0) is 14.8. The second kappa shape index (κ2) is 6.35. The number of aryl methyl sites for hydroxylation is 2. The van der Waals surface area contributed by atoms with Crippen LogP contribution in [0.15, 0.2) is 12.1 Å². The van der Waals surface area contributed by atoms with Crippen molar-refractivity contribution in [3.63, 3.8) is 0 Å². The van der Waals surface area contributed by atoms with Crippen LogP contribution in [0.2, 0.25) is 0 Å². The van der Waals surface area contributed by atoms with Crippen molar-refractivity contribution in [1.82, 2.24) is 14.5 Å². The van der Waals surface area contributed by atoms with Gasteiger partial charge in [0.25, 0.3) is 0 Å². The lowest BCUT2D eigenvalue weighted by Crippen LogP contribution is -2.13. The maximum absolute atomic E-state index is 5.99. The molecule has 0 N–H and O–H groups in total. The van der Waals surface area contributed by atoms with Crippen molar-refractivity contribution in [2.75, 3.05) is 5.88 Å². The number of nitrogens with zero attached hydrogens (tertiary/aromatic N) is 3. The predicted molar refractivity (Wildman–Crippen MR) is 88.0 cm³/mol. The Bertz CT molecular complexity index is 620.